The average Bonchev–Trinajstić information content (AvgIpc) is 2.79. The summed E-state index contributed by atoms with van der Waals surface area (Å²) in [6.07, 6.45) is 1.15. The standard InChI is InChI=1S/C20H23FN4/c1-15-4-2-5-19-23-20(16-6-8-17(21)9-7-16)18(25(15)19)14-24-12-3-10-22-11-13-24/h2,4-9,22H,3,10-14H2,1H3. The van der Waals surface area contributed by atoms with Gasteiger partial charge in [-0.3, -0.25) is 9.30 Å². The Hall–Kier alpha value is -2.24. The second kappa shape index (κ2) is 6.94. The zero-order valence-corrected chi connectivity index (χ0v) is 14.5. The van der Waals surface area contributed by atoms with Crippen molar-refractivity contribution in [2.24, 2.45) is 0 Å². The van der Waals surface area contributed by atoms with E-state index in [1.807, 2.05) is 24.3 Å². The van der Waals surface area contributed by atoms with Gasteiger partial charge in [-0.1, -0.05) is 6.07 Å². The van der Waals surface area contributed by atoms with Crippen LogP contribution in [-0.2, 0) is 6.54 Å². The van der Waals surface area contributed by atoms with Crippen molar-refractivity contribution in [3.63, 3.8) is 0 Å². The lowest BCUT2D eigenvalue weighted by molar-refractivity contribution is 0.280. The Kier molecular flexibility index (Phi) is 4.51. The summed E-state index contributed by atoms with van der Waals surface area (Å²) in [6.45, 7) is 7.16. The lowest BCUT2D eigenvalue weighted by atomic mass is 10.1. The number of fused-ring (bicyclic) bond motifs is 1. The number of nitrogens with one attached hydrogen (secondary N) is 1. The number of benzene rings is 1. The van der Waals surface area contributed by atoms with Gasteiger partial charge >= 0.3 is 0 Å². The molecule has 25 heavy (non-hydrogen) atoms. The van der Waals surface area contributed by atoms with Gasteiger partial charge in [-0.15, -0.1) is 0 Å². The molecular weight excluding hydrogens is 315 g/mol. The predicted octanol–water partition coefficient (Wildman–Crippen LogP) is 3.24. The largest absolute Gasteiger partial charge is 0.315 e. The molecule has 1 aromatic carbocycles. The molecule has 2 aromatic heterocycles. The lowest BCUT2D eigenvalue weighted by Crippen LogP contribution is -2.28. The van der Waals surface area contributed by atoms with E-state index in [9.17, 15) is 4.39 Å². The summed E-state index contributed by atoms with van der Waals surface area (Å²) in [4.78, 5) is 7.34. The van der Waals surface area contributed by atoms with Crippen LogP contribution in [0.1, 0.15) is 17.8 Å². The molecule has 0 unspecified atom stereocenters. The third kappa shape index (κ3) is 3.30. The minimum Gasteiger partial charge on any atom is -0.315 e. The molecule has 0 bridgehead atoms. The van der Waals surface area contributed by atoms with E-state index in [4.69, 9.17) is 4.98 Å². The van der Waals surface area contributed by atoms with E-state index in [0.29, 0.717) is 0 Å². The van der Waals surface area contributed by atoms with E-state index < -0.39 is 0 Å². The molecular formula is C20H23FN4. The maximum absolute atomic E-state index is 13.3. The molecule has 0 atom stereocenters. The summed E-state index contributed by atoms with van der Waals surface area (Å²) < 4.78 is 15.6. The van der Waals surface area contributed by atoms with Crippen molar-refractivity contribution >= 4 is 5.65 Å². The maximum atomic E-state index is 13.3. The molecule has 3 aromatic rings. The van der Waals surface area contributed by atoms with Crippen molar-refractivity contribution in [3.8, 4) is 11.3 Å². The van der Waals surface area contributed by atoms with Crippen LogP contribution in [0.3, 0.4) is 0 Å². The highest BCUT2D eigenvalue weighted by Gasteiger charge is 2.19. The predicted molar refractivity (Wildman–Crippen MR) is 98.1 cm³/mol. The maximum Gasteiger partial charge on any atom is 0.137 e. The molecule has 0 saturated carbocycles. The van der Waals surface area contributed by atoms with Gasteiger partial charge in [0.25, 0.3) is 0 Å². The van der Waals surface area contributed by atoms with E-state index >= 15 is 0 Å². The van der Waals surface area contributed by atoms with Gasteiger partial charge in [0, 0.05) is 30.9 Å². The summed E-state index contributed by atoms with van der Waals surface area (Å²) in [5.41, 5.74) is 5.21. The van der Waals surface area contributed by atoms with E-state index in [1.54, 1.807) is 0 Å². The van der Waals surface area contributed by atoms with Crippen LogP contribution in [0.4, 0.5) is 4.39 Å². The Morgan fingerprint density at radius 1 is 1.08 bits per heavy atom. The third-order valence-electron chi connectivity index (χ3n) is 4.86. The fourth-order valence-electron chi connectivity index (χ4n) is 3.58. The van der Waals surface area contributed by atoms with Crippen molar-refractivity contribution in [2.75, 3.05) is 26.2 Å². The molecule has 0 aliphatic carbocycles. The highest BCUT2D eigenvalue weighted by atomic mass is 19.1. The van der Waals surface area contributed by atoms with Gasteiger partial charge < -0.3 is 5.32 Å². The second-order valence-electron chi connectivity index (χ2n) is 6.65. The molecule has 0 radical (unpaired) electrons. The van der Waals surface area contributed by atoms with Gasteiger partial charge in [-0.2, -0.15) is 0 Å². The number of aryl methyl sites for hydroxylation is 1. The van der Waals surface area contributed by atoms with Crippen molar-refractivity contribution in [1.29, 1.82) is 0 Å². The molecule has 0 spiro atoms. The van der Waals surface area contributed by atoms with Crippen LogP contribution in [-0.4, -0.2) is 40.5 Å². The van der Waals surface area contributed by atoms with Crippen LogP contribution in [0.25, 0.3) is 16.9 Å². The topological polar surface area (TPSA) is 32.6 Å². The summed E-state index contributed by atoms with van der Waals surface area (Å²) in [5.74, 6) is -0.219. The molecule has 3 heterocycles. The molecule has 1 N–H and O–H groups in total. The van der Waals surface area contributed by atoms with E-state index in [0.717, 1.165) is 56.0 Å². The molecule has 1 aliphatic heterocycles. The van der Waals surface area contributed by atoms with Crippen LogP contribution in [0.5, 0.6) is 0 Å². The van der Waals surface area contributed by atoms with Gasteiger partial charge in [0.15, 0.2) is 0 Å². The number of nitrogens with zero attached hydrogens (tertiary/aromatic N) is 3. The molecule has 1 aliphatic rings. The van der Waals surface area contributed by atoms with Gasteiger partial charge in [0.2, 0.25) is 0 Å². The Morgan fingerprint density at radius 3 is 2.76 bits per heavy atom. The van der Waals surface area contributed by atoms with Crippen molar-refractivity contribution in [1.82, 2.24) is 19.6 Å². The Labute approximate surface area is 147 Å². The summed E-state index contributed by atoms with van der Waals surface area (Å²) in [7, 11) is 0. The first-order valence-electron chi connectivity index (χ1n) is 8.88. The number of pyridine rings is 1. The first kappa shape index (κ1) is 16.2. The molecule has 1 saturated heterocycles. The fourth-order valence-corrected chi connectivity index (χ4v) is 3.58. The van der Waals surface area contributed by atoms with Crippen molar-refractivity contribution in [3.05, 3.63) is 59.7 Å². The highest BCUT2D eigenvalue weighted by Crippen LogP contribution is 2.27. The van der Waals surface area contributed by atoms with Crippen LogP contribution < -0.4 is 5.32 Å². The molecule has 1 fully saturated rings. The van der Waals surface area contributed by atoms with Gasteiger partial charge in [-0.25, -0.2) is 9.37 Å². The van der Waals surface area contributed by atoms with Crippen LogP contribution in [0.2, 0.25) is 0 Å². The normalized spacial score (nSPS) is 16.2. The van der Waals surface area contributed by atoms with E-state index in [-0.39, 0.29) is 5.82 Å². The molecule has 0 amide bonds. The zero-order valence-electron chi connectivity index (χ0n) is 14.5. The Morgan fingerprint density at radius 2 is 1.92 bits per heavy atom. The van der Waals surface area contributed by atoms with Gasteiger partial charge in [0.1, 0.15) is 11.5 Å². The number of imidazole rings is 1. The van der Waals surface area contributed by atoms with Gasteiger partial charge in [0.05, 0.1) is 11.4 Å². The summed E-state index contributed by atoms with van der Waals surface area (Å²) in [5, 5.41) is 3.45. The summed E-state index contributed by atoms with van der Waals surface area (Å²) >= 11 is 0. The second-order valence-corrected chi connectivity index (χ2v) is 6.65. The Balaban J connectivity index is 1.81. The van der Waals surface area contributed by atoms with Crippen LogP contribution in [0, 0.1) is 12.7 Å². The molecule has 130 valence electrons. The minimum absolute atomic E-state index is 0.219. The number of aromatic nitrogens is 2. The van der Waals surface area contributed by atoms with Crippen LogP contribution >= 0.6 is 0 Å². The minimum atomic E-state index is -0.219. The third-order valence-corrected chi connectivity index (χ3v) is 4.86. The molecule has 4 nitrogen and oxygen atoms in total. The average molecular weight is 338 g/mol. The van der Waals surface area contributed by atoms with Gasteiger partial charge in [-0.05, 0) is 62.8 Å². The SMILES string of the molecule is Cc1cccc2nc(-c3ccc(F)cc3)c(CN3CCCNCC3)n12. The number of hydrogen-bond acceptors (Lipinski definition) is 3. The van der Waals surface area contributed by atoms with E-state index in [1.165, 1.54) is 23.5 Å². The Bertz CT molecular complexity index is 861. The zero-order chi connectivity index (χ0) is 17.2. The van der Waals surface area contributed by atoms with Crippen LogP contribution in [0.15, 0.2) is 42.5 Å². The quantitative estimate of drug-likeness (QED) is 0.796. The summed E-state index contributed by atoms with van der Waals surface area (Å²) in [6, 6.07) is 12.8. The highest BCUT2D eigenvalue weighted by molar-refractivity contribution is 5.67. The lowest BCUT2D eigenvalue weighted by Gasteiger charge is -2.20. The number of rotatable bonds is 3. The van der Waals surface area contributed by atoms with Crippen molar-refractivity contribution < 1.29 is 4.39 Å². The monoisotopic (exact) mass is 338 g/mol. The number of hydrogen-bond donors (Lipinski definition) is 1. The first-order valence-corrected chi connectivity index (χ1v) is 8.88. The molecule has 5 heteroatoms. The van der Waals surface area contributed by atoms with Crippen molar-refractivity contribution in [2.45, 2.75) is 19.9 Å². The first-order chi connectivity index (χ1) is 12.2. The fraction of sp³-hybridized carbons (Fsp3) is 0.350. The smallest absolute Gasteiger partial charge is 0.137 e. The number of halogens is 1. The van der Waals surface area contributed by atoms with E-state index in [2.05, 4.69) is 27.6 Å². The molecule has 4 rings (SSSR count).